The summed E-state index contributed by atoms with van der Waals surface area (Å²) in [5.74, 6) is -2.07. The molecule has 25 heavy (non-hydrogen) atoms. The largest absolute Gasteiger partial charge is 0.339 e. The summed E-state index contributed by atoms with van der Waals surface area (Å²) < 4.78 is 28.5. The molecule has 0 unspecified atom stereocenters. The fourth-order valence-electron chi connectivity index (χ4n) is 2.69. The third kappa shape index (κ3) is 2.85. The number of fused-ring (bicyclic) bond motifs is 2. The minimum absolute atomic E-state index is 0. The van der Waals surface area contributed by atoms with E-state index in [4.69, 9.17) is 0 Å². The predicted molar refractivity (Wildman–Crippen MR) is 96.1 cm³/mol. The van der Waals surface area contributed by atoms with E-state index in [-0.39, 0.29) is 41.1 Å². The molecule has 0 aliphatic heterocycles. The molecule has 5 nitrogen and oxygen atoms in total. The van der Waals surface area contributed by atoms with Crippen molar-refractivity contribution in [1.29, 1.82) is 0 Å². The number of rotatable bonds is 1. The van der Waals surface area contributed by atoms with Crippen molar-refractivity contribution >= 4 is 46.8 Å². The Morgan fingerprint density at radius 3 is 2.40 bits per heavy atom. The van der Waals surface area contributed by atoms with Crippen molar-refractivity contribution in [2.45, 2.75) is 6.92 Å². The lowest BCUT2D eigenvalue weighted by Crippen LogP contribution is -2.06. The first-order valence-electron chi connectivity index (χ1n) is 6.87. The Bertz CT molecular complexity index is 1130. The Balaban J connectivity index is 0.00000113. The maximum atomic E-state index is 13.5. The highest BCUT2D eigenvalue weighted by molar-refractivity contribution is 5.93. The summed E-state index contributed by atoms with van der Waals surface area (Å²) in [6, 6.07) is 5.36. The van der Waals surface area contributed by atoms with Gasteiger partial charge >= 0.3 is 0 Å². The molecule has 130 valence electrons. The fraction of sp³-hybridized carbons (Fsp3) is 0.0625. The molecule has 1 aromatic carbocycles. The Morgan fingerprint density at radius 1 is 1.08 bits per heavy atom. The molecule has 0 atom stereocenters. The molecule has 4 rings (SSSR count). The first kappa shape index (κ1) is 18.8. The van der Waals surface area contributed by atoms with Crippen molar-refractivity contribution in [2.75, 3.05) is 0 Å². The van der Waals surface area contributed by atoms with E-state index in [1.807, 2.05) is 0 Å². The van der Waals surface area contributed by atoms with Crippen LogP contribution in [0, 0.1) is 18.6 Å². The van der Waals surface area contributed by atoms with Crippen LogP contribution >= 0.6 is 24.8 Å². The SMILES string of the molecule is Cc1nn(-c2ccncc2)c2[nH]c3cc(F)c(F)cc3c(=O)c12.Cl.Cl. The average molecular weight is 385 g/mol. The van der Waals surface area contributed by atoms with Crippen LogP contribution in [0.4, 0.5) is 8.78 Å². The second kappa shape index (κ2) is 6.78. The maximum absolute atomic E-state index is 13.5. The van der Waals surface area contributed by atoms with E-state index < -0.39 is 11.6 Å². The molecule has 0 saturated carbocycles. The molecule has 1 N–H and O–H groups in total. The van der Waals surface area contributed by atoms with E-state index in [1.54, 1.807) is 36.1 Å². The van der Waals surface area contributed by atoms with Crippen molar-refractivity contribution in [3.8, 4) is 5.69 Å². The second-order valence-electron chi connectivity index (χ2n) is 5.19. The molecule has 0 aliphatic rings. The third-order valence-electron chi connectivity index (χ3n) is 3.75. The number of nitrogens with one attached hydrogen (secondary N) is 1. The van der Waals surface area contributed by atoms with Gasteiger partial charge in [0.15, 0.2) is 11.6 Å². The van der Waals surface area contributed by atoms with E-state index in [0.29, 0.717) is 22.4 Å². The van der Waals surface area contributed by atoms with Gasteiger partial charge in [-0.25, -0.2) is 13.5 Å². The summed E-state index contributed by atoms with van der Waals surface area (Å²) >= 11 is 0. The lowest BCUT2D eigenvalue weighted by Gasteiger charge is -2.04. The highest BCUT2D eigenvalue weighted by atomic mass is 35.5. The van der Waals surface area contributed by atoms with Crippen LogP contribution in [0.25, 0.3) is 27.6 Å². The van der Waals surface area contributed by atoms with Crippen LogP contribution in [0.1, 0.15) is 5.69 Å². The zero-order valence-corrected chi connectivity index (χ0v) is 14.4. The van der Waals surface area contributed by atoms with Gasteiger partial charge in [-0.1, -0.05) is 0 Å². The van der Waals surface area contributed by atoms with Crippen molar-refractivity contribution in [2.24, 2.45) is 0 Å². The summed E-state index contributed by atoms with van der Waals surface area (Å²) in [4.78, 5) is 19.6. The predicted octanol–water partition coefficient (Wildman–Crippen LogP) is 3.69. The van der Waals surface area contributed by atoms with Crippen molar-refractivity contribution in [3.05, 3.63) is 64.2 Å². The first-order valence-corrected chi connectivity index (χ1v) is 6.87. The Kier molecular flexibility index (Phi) is 5.10. The van der Waals surface area contributed by atoms with Crippen molar-refractivity contribution < 1.29 is 8.78 Å². The van der Waals surface area contributed by atoms with E-state index in [9.17, 15) is 13.6 Å². The monoisotopic (exact) mass is 384 g/mol. The Morgan fingerprint density at radius 2 is 1.72 bits per heavy atom. The fourth-order valence-corrected chi connectivity index (χ4v) is 2.69. The summed E-state index contributed by atoms with van der Waals surface area (Å²) in [5, 5.41) is 4.80. The van der Waals surface area contributed by atoms with Crippen LogP contribution in [0.3, 0.4) is 0 Å². The Hall–Kier alpha value is -2.51. The second-order valence-corrected chi connectivity index (χ2v) is 5.19. The quantitative estimate of drug-likeness (QED) is 0.544. The van der Waals surface area contributed by atoms with Gasteiger partial charge in [0.05, 0.1) is 22.3 Å². The molecule has 0 bridgehead atoms. The van der Waals surface area contributed by atoms with Gasteiger partial charge in [-0.15, -0.1) is 24.8 Å². The number of H-pyrrole nitrogens is 1. The molecule has 0 saturated heterocycles. The van der Waals surface area contributed by atoms with Crippen LogP contribution in [0.15, 0.2) is 41.5 Å². The van der Waals surface area contributed by atoms with Crippen molar-refractivity contribution in [1.82, 2.24) is 19.7 Å². The van der Waals surface area contributed by atoms with Gasteiger partial charge in [0, 0.05) is 23.8 Å². The maximum Gasteiger partial charge on any atom is 0.200 e. The van der Waals surface area contributed by atoms with Crippen LogP contribution < -0.4 is 5.43 Å². The number of aromatic amines is 1. The number of benzene rings is 1. The number of hydrogen-bond acceptors (Lipinski definition) is 3. The molecule has 3 aromatic heterocycles. The number of aromatic nitrogens is 4. The molecule has 0 radical (unpaired) electrons. The smallest absolute Gasteiger partial charge is 0.200 e. The van der Waals surface area contributed by atoms with Crippen LogP contribution in [0.2, 0.25) is 0 Å². The zero-order valence-electron chi connectivity index (χ0n) is 12.8. The summed E-state index contributed by atoms with van der Waals surface area (Å²) in [7, 11) is 0. The minimum Gasteiger partial charge on any atom is -0.339 e. The number of aryl methyl sites for hydroxylation is 1. The van der Waals surface area contributed by atoms with Gasteiger partial charge in [0.2, 0.25) is 5.43 Å². The molecular weight excluding hydrogens is 373 g/mol. The molecule has 0 aliphatic carbocycles. The van der Waals surface area contributed by atoms with Gasteiger partial charge in [0.25, 0.3) is 0 Å². The summed E-state index contributed by atoms with van der Waals surface area (Å²) in [5.41, 5.74) is 1.47. The highest BCUT2D eigenvalue weighted by Crippen LogP contribution is 2.22. The lowest BCUT2D eigenvalue weighted by molar-refractivity contribution is 0.510. The van der Waals surface area contributed by atoms with Gasteiger partial charge in [0.1, 0.15) is 5.65 Å². The minimum atomic E-state index is -1.05. The van der Waals surface area contributed by atoms with Gasteiger partial charge in [-0.2, -0.15) is 5.10 Å². The number of nitrogens with zero attached hydrogens (tertiary/aromatic N) is 3. The van der Waals surface area contributed by atoms with Crippen LogP contribution in [0.5, 0.6) is 0 Å². The molecule has 0 amide bonds. The normalized spacial score (nSPS) is 10.5. The zero-order chi connectivity index (χ0) is 16.1. The van der Waals surface area contributed by atoms with Crippen LogP contribution in [-0.2, 0) is 0 Å². The summed E-state index contributed by atoms with van der Waals surface area (Å²) in [6.45, 7) is 1.70. The van der Waals surface area contributed by atoms with E-state index in [2.05, 4.69) is 15.1 Å². The molecular formula is C16H12Cl2F2N4O. The van der Waals surface area contributed by atoms with Crippen LogP contribution in [-0.4, -0.2) is 19.7 Å². The Labute approximate surface area is 152 Å². The third-order valence-corrected chi connectivity index (χ3v) is 3.75. The molecule has 3 heterocycles. The van der Waals surface area contributed by atoms with Gasteiger partial charge in [-0.05, 0) is 25.1 Å². The standard InChI is InChI=1S/C16H10F2N4O.2ClH/c1-8-14-15(23)10-6-11(17)12(18)7-13(10)20-16(14)22(21-8)9-2-4-19-5-3-9;;/h2-7H,1H3,(H,20,23);2*1H. The highest BCUT2D eigenvalue weighted by Gasteiger charge is 2.17. The lowest BCUT2D eigenvalue weighted by atomic mass is 10.1. The van der Waals surface area contributed by atoms with Gasteiger partial charge < -0.3 is 4.98 Å². The molecule has 4 aromatic rings. The van der Waals surface area contributed by atoms with E-state index >= 15 is 0 Å². The number of hydrogen-bond donors (Lipinski definition) is 1. The van der Waals surface area contributed by atoms with E-state index in [0.717, 1.165) is 12.1 Å². The topological polar surface area (TPSA) is 63.6 Å². The number of halogens is 4. The van der Waals surface area contributed by atoms with Gasteiger partial charge in [-0.3, -0.25) is 9.78 Å². The first-order chi connectivity index (χ1) is 11.1. The number of pyridine rings is 2. The molecule has 0 spiro atoms. The molecule has 0 fully saturated rings. The molecule has 9 heteroatoms. The van der Waals surface area contributed by atoms with E-state index in [1.165, 1.54) is 0 Å². The average Bonchev–Trinajstić information content (AvgIpc) is 2.87. The van der Waals surface area contributed by atoms with Crippen molar-refractivity contribution in [3.63, 3.8) is 0 Å². The summed E-state index contributed by atoms with van der Waals surface area (Å²) in [6.07, 6.45) is 3.21.